The van der Waals surface area contributed by atoms with Crippen LogP contribution in [-0.2, 0) is 17.8 Å². The van der Waals surface area contributed by atoms with E-state index in [0.29, 0.717) is 24.3 Å². The zero-order valence-corrected chi connectivity index (χ0v) is 17.6. The van der Waals surface area contributed by atoms with Gasteiger partial charge in [0.05, 0.1) is 12.7 Å². The molecule has 0 aromatic heterocycles. The molecule has 4 unspecified atom stereocenters. The monoisotopic (exact) mass is 407 g/mol. The van der Waals surface area contributed by atoms with Gasteiger partial charge in [0.25, 0.3) is 0 Å². The number of rotatable bonds is 7. The quantitative estimate of drug-likeness (QED) is 0.720. The van der Waals surface area contributed by atoms with Crippen molar-refractivity contribution in [3.63, 3.8) is 0 Å². The van der Waals surface area contributed by atoms with Crippen LogP contribution >= 0.6 is 0 Å². The summed E-state index contributed by atoms with van der Waals surface area (Å²) in [7, 11) is 1.69. The van der Waals surface area contributed by atoms with Crippen LogP contribution in [0.25, 0.3) is 0 Å². The molecule has 2 bridgehead atoms. The van der Waals surface area contributed by atoms with E-state index in [1.54, 1.807) is 31.4 Å². The SMILES string of the molecule is COc1cc(C)cc(CC2C3CCC(C3)C2C(=O)NCc2ccc(C(=O)O)cc2)c1. The molecule has 1 amide bonds. The van der Waals surface area contributed by atoms with Crippen molar-refractivity contribution in [3.8, 4) is 5.75 Å². The molecule has 2 aromatic rings. The molecule has 0 heterocycles. The molecule has 5 heteroatoms. The molecule has 0 aliphatic heterocycles. The minimum Gasteiger partial charge on any atom is -0.497 e. The average Bonchev–Trinajstić information content (AvgIpc) is 3.33. The number of carbonyl (C=O) groups is 2. The number of carbonyl (C=O) groups excluding carboxylic acids is 1. The van der Waals surface area contributed by atoms with Crippen LogP contribution in [0.15, 0.2) is 42.5 Å². The maximum Gasteiger partial charge on any atom is 0.335 e. The highest BCUT2D eigenvalue weighted by molar-refractivity contribution is 5.87. The lowest BCUT2D eigenvalue weighted by atomic mass is 9.75. The third kappa shape index (κ3) is 4.20. The van der Waals surface area contributed by atoms with E-state index < -0.39 is 5.97 Å². The van der Waals surface area contributed by atoms with E-state index in [1.165, 1.54) is 17.5 Å². The van der Waals surface area contributed by atoms with Crippen molar-refractivity contribution >= 4 is 11.9 Å². The summed E-state index contributed by atoms with van der Waals surface area (Å²) >= 11 is 0. The number of ether oxygens (including phenoxy) is 1. The first-order chi connectivity index (χ1) is 14.4. The Balaban J connectivity index is 1.44. The fraction of sp³-hybridized carbons (Fsp3) is 0.440. The molecule has 0 radical (unpaired) electrons. The number of methoxy groups -OCH3 is 1. The van der Waals surface area contributed by atoms with Gasteiger partial charge in [-0.3, -0.25) is 4.79 Å². The Kier molecular flexibility index (Phi) is 5.80. The summed E-state index contributed by atoms with van der Waals surface area (Å²) in [5.41, 5.74) is 3.59. The molecule has 2 aliphatic rings. The maximum absolute atomic E-state index is 13.1. The van der Waals surface area contributed by atoms with Crippen LogP contribution in [-0.4, -0.2) is 24.1 Å². The minimum absolute atomic E-state index is 0.0496. The molecule has 5 nitrogen and oxygen atoms in total. The van der Waals surface area contributed by atoms with E-state index in [-0.39, 0.29) is 17.4 Å². The van der Waals surface area contributed by atoms with Crippen LogP contribution < -0.4 is 10.1 Å². The lowest BCUT2D eigenvalue weighted by Gasteiger charge is -2.30. The van der Waals surface area contributed by atoms with Gasteiger partial charge in [-0.2, -0.15) is 0 Å². The maximum atomic E-state index is 13.1. The van der Waals surface area contributed by atoms with Gasteiger partial charge in [0, 0.05) is 12.5 Å². The fourth-order valence-corrected chi connectivity index (χ4v) is 5.52. The molecular weight excluding hydrogens is 378 g/mol. The van der Waals surface area contributed by atoms with Crippen molar-refractivity contribution in [2.45, 2.75) is 39.2 Å². The van der Waals surface area contributed by atoms with Crippen LogP contribution in [0.1, 0.15) is 46.3 Å². The van der Waals surface area contributed by atoms with E-state index in [1.807, 2.05) is 6.07 Å². The number of aryl methyl sites for hydroxylation is 1. The lowest BCUT2D eigenvalue weighted by Crippen LogP contribution is -2.38. The number of benzene rings is 2. The number of fused-ring (bicyclic) bond motifs is 2. The van der Waals surface area contributed by atoms with Gasteiger partial charge >= 0.3 is 5.97 Å². The van der Waals surface area contributed by atoms with Crippen molar-refractivity contribution in [3.05, 3.63) is 64.7 Å². The number of carboxylic acids is 1. The Labute approximate surface area is 177 Å². The molecule has 2 aromatic carbocycles. The summed E-state index contributed by atoms with van der Waals surface area (Å²) in [6, 6.07) is 13.0. The topological polar surface area (TPSA) is 75.6 Å². The Morgan fingerprint density at radius 1 is 1.07 bits per heavy atom. The highest BCUT2D eigenvalue weighted by Gasteiger charge is 2.50. The number of amides is 1. The molecule has 0 saturated heterocycles. The predicted octanol–water partition coefficient (Wildman–Crippen LogP) is 4.22. The zero-order valence-electron chi connectivity index (χ0n) is 17.6. The van der Waals surface area contributed by atoms with Crippen molar-refractivity contribution < 1.29 is 19.4 Å². The summed E-state index contributed by atoms with van der Waals surface area (Å²) in [6.07, 6.45) is 4.42. The third-order valence-corrected chi connectivity index (χ3v) is 6.88. The Morgan fingerprint density at radius 2 is 1.80 bits per heavy atom. The lowest BCUT2D eigenvalue weighted by molar-refractivity contribution is -0.128. The fourth-order valence-electron chi connectivity index (χ4n) is 5.52. The summed E-state index contributed by atoms with van der Waals surface area (Å²) in [5, 5.41) is 12.1. The summed E-state index contributed by atoms with van der Waals surface area (Å²) in [6.45, 7) is 2.50. The molecule has 2 aliphatic carbocycles. The number of hydrogen-bond donors (Lipinski definition) is 2. The highest BCUT2D eigenvalue weighted by atomic mass is 16.5. The largest absolute Gasteiger partial charge is 0.497 e. The van der Waals surface area contributed by atoms with Gasteiger partial charge in [0.1, 0.15) is 5.75 Å². The highest BCUT2D eigenvalue weighted by Crippen LogP contribution is 2.53. The molecule has 4 atom stereocenters. The predicted molar refractivity (Wildman–Crippen MR) is 114 cm³/mol. The second-order valence-electron chi connectivity index (χ2n) is 8.81. The van der Waals surface area contributed by atoms with E-state index >= 15 is 0 Å². The first-order valence-electron chi connectivity index (χ1n) is 10.7. The van der Waals surface area contributed by atoms with Crippen LogP contribution in [0, 0.1) is 30.6 Å². The smallest absolute Gasteiger partial charge is 0.335 e. The van der Waals surface area contributed by atoms with Crippen molar-refractivity contribution in [2.75, 3.05) is 7.11 Å². The van der Waals surface area contributed by atoms with Gasteiger partial charge in [-0.15, -0.1) is 0 Å². The second-order valence-corrected chi connectivity index (χ2v) is 8.81. The Morgan fingerprint density at radius 3 is 2.50 bits per heavy atom. The van der Waals surface area contributed by atoms with Crippen molar-refractivity contribution in [1.29, 1.82) is 0 Å². The van der Waals surface area contributed by atoms with E-state index in [4.69, 9.17) is 9.84 Å². The summed E-state index contributed by atoms with van der Waals surface area (Å²) in [5.74, 6) is 1.57. The molecule has 30 heavy (non-hydrogen) atoms. The van der Waals surface area contributed by atoms with Gasteiger partial charge in [-0.05, 0) is 91.3 Å². The van der Waals surface area contributed by atoms with Crippen LogP contribution in [0.5, 0.6) is 5.75 Å². The zero-order chi connectivity index (χ0) is 21.3. The summed E-state index contributed by atoms with van der Waals surface area (Å²) < 4.78 is 5.43. The number of hydrogen-bond acceptors (Lipinski definition) is 3. The molecular formula is C25H29NO4. The number of carboxylic acid groups (broad SMARTS) is 1. The number of aromatic carboxylic acids is 1. The van der Waals surface area contributed by atoms with Gasteiger partial charge in [-0.25, -0.2) is 4.79 Å². The van der Waals surface area contributed by atoms with Crippen molar-refractivity contribution in [1.82, 2.24) is 5.32 Å². The molecule has 2 N–H and O–H groups in total. The van der Waals surface area contributed by atoms with Gasteiger partial charge in [0.15, 0.2) is 0 Å². The average molecular weight is 408 g/mol. The molecule has 2 fully saturated rings. The first-order valence-corrected chi connectivity index (χ1v) is 10.7. The van der Waals surface area contributed by atoms with E-state index in [2.05, 4.69) is 24.4 Å². The summed E-state index contributed by atoms with van der Waals surface area (Å²) in [4.78, 5) is 24.1. The van der Waals surface area contributed by atoms with Crippen LogP contribution in [0.3, 0.4) is 0 Å². The Hall–Kier alpha value is -2.82. The minimum atomic E-state index is -0.941. The second kappa shape index (κ2) is 8.50. The van der Waals surface area contributed by atoms with E-state index in [9.17, 15) is 9.59 Å². The molecule has 2 saturated carbocycles. The van der Waals surface area contributed by atoms with Crippen molar-refractivity contribution in [2.24, 2.45) is 23.7 Å². The van der Waals surface area contributed by atoms with Crippen LogP contribution in [0.4, 0.5) is 0 Å². The van der Waals surface area contributed by atoms with Gasteiger partial charge in [-0.1, -0.05) is 18.2 Å². The van der Waals surface area contributed by atoms with Gasteiger partial charge < -0.3 is 15.2 Å². The van der Waals surface area contributed by atoms with E-state index in [0.717, 1.165) is 30.6 Å². The normalized spacial score (nSPS) is 24.6. The standard InChI is InChI=1S/C25H29NO4/c1-15-9-17(11-21(10-15)30-2)12-22-19-7-8-20(13-19)23(22)24(27)26-14-16-3-5-18(6-4-16)25(28)29/h3-6,9-11,19-20,22-23H,7-8,12-14H2,1-2H3,(H,26,27)(H,28,29). The number of nitrogens with one attached hydrogen (secondary N) is 1. The molecule has 4 rings (SSSR count). The molecule has 158 valence electrons. The first kappa shape index (κ1) is 20.5. The Bertz CT molecular complexity index is 937. The van der Waals surface area contributed by atoms with Crippen LogP contribution in [0.2, 0.25) is 0 Å². The molecule has 0 spiro atoms. The third-order valence-electron chi connectivity index (χ3n) is 6.88. The van der Waals surface area contributed by atoms with Gasteiger partial charge in [0.2, 0.25) is 5.91 Å².